The van der Waals surface area contributed by atoms with Crippen LogP contribution >= 0.6 is 0 Å². The molecule has 2 aromatic rings. The lowest BCUT2D eigenvalue weighted by Crippen LogP contribution is -2.38. The first kappa shape index (κ1) is 17.9. The van der Waals surface area contributed by atoms with Gasteiger partial charge in [-0.1, -0.05) is 29.8 Å². The lowest BCUT2D eigenvalue weighted by Gasteiger charge is -2.28. The zero-order chi connectivity index (χ0) is 18.6. The molecule has 0 spiro atoms. The summed E-state index contributed by atoms with van der Waals surface area (Å²) in [6.45, 7) is 5.77. The van der Waals surface area contributed by atoms with Gasteiger partial charge in [-0.25, -0.2) is 9.97 Å². The summed E-state index contributed by atoms with van der Waals surface area (Å²) in [6, 6.07) is 8.27. The monoisotopic (exact) mass is 366 g/mol. The summed E-state index contributed by atoms with van der Waals surface area (Å²) in [7, 11) is 0. The Morgan fingerprint density at radius 1 is 1.26 bits per heavy atom. The van der Waals surface area contributed by atoms with Crippen LogP contribution in [0.5, 0.6) is 0 Å². The van der Waals surface area contributed by atoms with Gasteiger partial charge in [-0.15, -0.1) is 0 Å². The standard InChI is InChI=1S/C21H26N4O2/c1-15-2-4-16(5-3-15)13-22-20(26)17-6-7-19-18(12-17)14-23-21(24-19)25-8-10-27-11-9-25/h2-5,14,17H,6-13H2,1H3,(H,22,26). The van der Waals surface area contributed by atoms with Crippen LogP contribution in [0.3, 0.4) is 0 Å². The molecule has 142 valence electrons. The van der Waals surface area contributed by atoms with Gasteiger partial charge in [0.1, 0.15) is 0 Å². The molecule has 27 heavy (non-hydrogen) atoms. The number of ether oxygens (including phenoxy) is 1. The Labute approximate surface area is 160 Å². The Kier molecular flexibility index (Phi) is 5.34. The van der Waals surface area contributed by atoms with Crippen LogP contribution in [0, 0.1) is 12.8 Å². The Balaban J connectivity index is 1.36. The molecule has 4 rings (SSSR count). The van der Waals surface area contributed by atoms with Gasteiger partial charge < -0.3 is 15.0 Å². The first-order valence-corrected chi connectivity index (χ1v) is 9.70. The molecule has 1 saturated heterocycles. The van der Waals surface area contributed by atoms with Crippen molar-refractivity contribution < 1.29 is 9.53 Å². The van der Waals surface area contributed by atoms with Crippen molar-refractivity contribution in [3.8, 4) is 0 Å². The molecule has 6 heteroatoms. The van der Waals surface area contributed by atoms with Crippen LogP contribution in [0.15, 0.2) is 30.5 Å². The van der Waals surface area contributed by atoms with E-state index < -0.39 is 0 Å². The highest BCUT2D eigenvalue weighted by Crippen LogP contribution is 2.25. The van der Waals surface area contributed by atoms with Gasteiger partial charge in [-0.05, 0) is 37.3 Å². The normalized spacial score (nSPS) is 19.4. The minimum Gasteiger partial charge on any atom is -0.378 e. The second-order valence-electron chi connectivity index (χ2n) is 7.38. The van der Waals surface area contributed by atoms with Crippen LogP contribution in [-0.2, 0) is 28.9 Å². The SMILES string of the molecule is Cc1ccc(CNC(=O)C2CCc3nc(N4CCOCC4)ncc3C2)cc1. The van der Waals surface area contributed by atoms with E-state index in [1.54, 1.807) is 0 Å². The van der Waals surface area contributed by atoms with E-state index >= 15 is 0 Å². The molecule has 1 amide bonds. The smallest absolute Gasteiger partial charge is 0.225 e. The molecule has 1 aromatic carbocycles. The second-order valence-corrected chi connectivity index (χ2v) is 7.38. The topological polar surface area (TPSA) is 67.4 Å². The maximum Gasteiger partial charge on any atom is 0.225 e. The van der Waals surface area contributed by atoms with Gasteiger partial charge >= 0.3 is 0 Å². The van der Waals surface area contributed by atoms with Crippen LogP contribution in [0.1, 0.15) is 28.8 Å². The maximum absolute atomic E-state index is 12.6. The van der Waals surface area contributed by atoms with Crippen molar-refractivity contribution in [1.82, 2.24) is 15.3 Å². The second kappa shape index (κ2) is 8.05. The number of hydrogen-bond acceptors (Lipinski definition) is 5. The molecule has 1 atom stereocenters. The summed E-state index contributed by atoms with van der Waals surface area (Å²) < 4.78 is 5.39. The molecule has 1 aliphatic heterocycles. The fourth-order valence-electron chi connectivity index (χ4n) is 3.68. The lowest BCUT2D eigenvalue weighted by atomic mass is 9.86. The lowest BCUT2D eigenvalue weighted by molar-refractivity contribution is -0.125. The summed E-state index contributed by atoms with van der Waals surface area (Å²) in [5, 5.41) is 3.08. The molecule has 6 nitrogen and oxygen atoms in total. The molecule has 1 aromatic heterocycles. The predicted molar refractivity (Wildman–Crippen MR) is 104 cm³/mol. The summed E-state index contributed by atoms with van der Waals surface area (Å²) in [5.41, 5.74) is 4.55. The van der Waals surface area contributed by atoms with Gasteiger partial charge in [0.2, 0.25) is 11.9 Å². The molecule has 0 saturated carbocycles. The van der Waals surface area contributed by atoms with E-state index in [9.17, 15) is 4.79 Å². The van der Waals surface area contributed by atoms with Crippen molar-refractivity contribution in [1.29, 1.82) is 0 Å². The van der Waals surface area contributed by atoms with E-state index in [4.69, 9.17) is 9.72 Å². The summed E-state index contributed by atoms with van der Waals surface area (Å²) >= 11 is 0. The number of aryl methyl sites for hydroxylation is 2. The minimum absolute atomic E-state index is 0.000727. The van der Waals surface area contributed by atoms with Crippen LogP contribution in [0.4, 0.5) is 5.95 Å². The fourth-order valence-corrected chi connectivity index (χ4v) is 3.68. The predicted octanol–water partition coefficient (Wildman–Crippen LogP) is 2.04. The summed E-state index contributed by atoms with van der Waals surface area (Å²) in [6.07, 6.45) is 4.30. The highest BCUT2D eigenvalue weighted by molar-refractivity contribution is 5.79. The summed E-state index contributed by atoms with van der Waals surface area (Å²) in [4.78, 5) is 24.1. The number of carbonyl (C=O) groups is 1. The molecule has 1 aliphatic carbocycles. The quantitative estimate of drug-likeness (QED) is 0.897. The van der Waals surface area contributed by atoms with Gasteiger partial charge in [-0.2, -0.15) is 0 Å². The van der Waals surface area contributed by atoms with E-state index in [-0.39, 0.29) is 11.8 Å². The third kappa shape index (κ3) is 4.27. The number of anilines is 1. The van der Waals surface area contributed by atoms with Crippen molar-refractivity contribution in [3.63, 3.8) is 0 Å². The Morgan fingerprint density at radius 3 is 2.81 bits per heavy atom. The Morgan fingerprint density at radius 2 is 2.04 bits per heavy atom. The maximum atomic E-state index is 12.6. The van der Waals surface area contributed by atoms with E-state index in [0.29, 0.717) is 6.54 Å². The van der Waals surface area contributed by atoms with E-state index in [1.807, 2.05) is 6.20 Å². The fraction of sp³-hybridized carbons (Fsp3) is 0.476. The van der Waals surface area contributed by atoms with Gasteiger partial charge in [0.15, 0.2) is 0 Å². The molecular weight excluding hydrogens is 340 g/mol. The highest BCUT2D eigenvalue weighted by atomic mass is 16.5. The minimum atomic E-state index is 0.000727. The van der Waals surface area contributed by atoms with Crippen molar-refractivity contribution in [2.24, 2.45) is 5.92 Å². The number of hydrogen-bond donors (Lipinski definition) is 1. The first-order valence-electron chi connectivity index (χ1n) is 9.70. The van der Waals surface area contributed by atoms with Crippen LogP contribution in [0.2, 0.25) is 0 Å². The van der Waals surface area contributed by atoms with Gasteiger partial charge in [0, 0.05) is 37.4 Å². The van der Waals surface area contributed by atoms with Crippen molar-refractivity contribution >= 4 is 11.9 Å². The number of benzene rings is 1. The number of amides is 1. The number of carbonyl (C=O) groups excluding carboxylic acids is 1. The van der Waals surface area contributed by atoms with Crippen molar-refractivity contribution in [3.05, 3.63) is 52.8 Å². The average Bonchev–Trinajstić information content (AvgIpc) is 2.73. The molecule has 1 N–H and O–H groups in total. The van der Waals surface area contributed by atoms with E-state index in [2.05, 4.69) is 46.4 Å². The van der Waals surface area contributed by atoms with Gasteiger partial charge in [0.05, 0.1) is 13.2 Å². The zero-order valence-electron chi connectivity index (χ0n) is 15.8. The largest absolute Gasteiger partial charge is 0.378 e. The molecule has 1 unspecified atom stereocenters. The number of fused-ring (bicyclic) bond motifs is 1. The van der Waals surface area contributed by atoms with Crippen LogP contribution in [-0.4, -0.2) is 42.2 Å². The number of morpholine rings is 1. The Hall–Kier alpha value is -2.47. The van der Waals surface area contributed by atoms with E-state index in [0.717, 1.165) is 68.3 Å². The number of nitrogens with zero attached hydrogens (tertiary/aromatic N) is 3. The van der Waals surface area contributed by atoms with Crippen molar-refractivity contribution in [2.75, 3.05) is 31.2 Å². The Bertz CT molecular complexity index is 800. The van der Waals surface area contributed by atoms with Crippen LogP contribution < -0.4 is 10.2 Å². The van der Waals surface area contributed by atoms with E-state index in [1.165, 1.54) is 5.56 Å². The highest BCUT2D eigenvalue weighted by Gasteiger charge is 2.26. The third-order valence-electron chi connectivity index (χ3n) is 5.39. The molecule has 2 aliphatic rings. The average molecular weight is 366 g/mol. The third-order valence-corrected chi connectivity index (χ3v) is 5.39. The molecule has 1 fully saturated rings. The molecular formula is C21H26N4O2. The van der Waals surface area contributed by atoms with Gasteiger partial charge in [0.25, 0.3) is 0 Å². The number of rotatable bonds is 4. The zero-order valence-corrected chi connectivity index (χ0v) is 15.8. The molecule has 2 heterocycles. The number of nitrogens with one attached hydrogen (secondary N) is 1. The van der Waals surface area contributed by atoms with Crippen molar-refractivity contribution in [2.45, 2.75) is 32.7 Å². The molecule has 0 radical (unpaired) electrons. The molecule has 0 bridgehead atoms. The number of aromatic nitrogens is 2. The van der Waals surface area contributed by atoms with Gasteiger partial charge in [-0.3, -0.25) is 4.79 Å². The first-order chi connectivity index (χ1) is 13.2. The van der Waals surface area contributed by atoms with Crippen LogP contribution in [0.25, 0.3) is 0 Å². The summed E-state index contributed by atoms with van der Waals surface area (Å²) in [5.74, 6) is 0.915.